The molecule has 1 amide bonds. The van der Waals surface area contributed by atoms with Gasteiger partial charge in [-0.25, -0.2) is 5.84 Å². The van der Waals surface area contributed by atoms with Crippen LogP contribution in [0, 0.1) is 0 Å². The quantitative estimate of drug-likeness (QED) is 0.373. The summed E-state index contributed by atoms with van der Waals surface area (Å²) < 4.78 is 0. The lowest BCUT2D eigenvalue weighted by molar-refractivity contribution is -0.130. The zero-order valence-corrected chi connectivity index (χ0v) is 9.58. The summed E-state index contributed by atoms with van der Waals surface area (Å²) in [5.41, 5.74) is 0.966. The van der Waals surface area contributed by atoms with Crippen molar-refractivity contribution in [3.63, 3.8) is 0 Å². The lowest BCUT2D eigenvalue weighted by Gasteiger charge is -2.16. The molecule has 0 unspecified atom stereocenters. The van der Waals surface area contributed by atoms with Gasteiger partial charge in [-0.2, -0.15) is 5.21 Å². The average molecular weight is 247 g/mol. The Labute approximate surface area is 103 Å². The van der Waals surface area contributed by atoms with Crippen molar-refractivity contribution in [3.8, 4) is 0 Å². The predicted octanol–water partition coefficient (Wildman–Crippen LogP) is -0.486. The van der Waals surface area contributed by atoms with E-state index in [0.717, 1.165) is 10.6 Å². The Balaban J connectivity index is 1.82. The first-order valence-electron chi connectivity index (χ1n) is 5.32. The highest BCUT2D eigenvalue weighted by atomic mass is 16.2. The van der Waals surface area contributed by atoms with Gasteiger partial charge in [0.1, 0.15) is 0 Å². The minimum Gasteiger partial charge on any atom is -0.342 e. The van der Waals surface area contributed by atoms with Crippen molar-refractivity contribution in [1.82, 2.24) is 25.6 Å². The molecule has 8 heteroatoms. The number of tetrazole rings is 1. The number of carbonyl (C=O) groups excluding carboxylic acids is 1. The van der Waals surface area contributed by atoms with E-state index in [1.165, 1.54) is 0 Å². The van der Waals surface area contributed by atoms with Crippen LogP contribution in [0.25, 0.3) is 0 Å². The maximum Gasteiger partial charge on any atom is 0.263 e. The number of nitrogens with two attached hydrogens (primary N) is 1. The van der Waals surface area contributed by atoms with Gasteiger partial charge >= 0.3 is 0 Å². The van der Waals surface area contributed by atoms with Crippen LogP contribution in [0.1, 0.15) is 5.56 Å². The number of aromatic amines is 1. The number of anilines is 1. The normalized spacial score (nSPS) is 10.1. The van der Waals surface area contributed by atoms with Crippen LogP contribution < -0.4 is 11.2 Å². The third-order valence-corrected chi connectivity index (χ3v) is 2.26. The second-order valence-corrected chi connectivity index (χ2v) is 3.60. The smallest absolute Gasteiger partial charge is 0.263 e. The fourth-order valence-electron chi connectivity index (χ4n) is 1.36. The Morgan fingerprint density at radius 3 is 2.83 bits per heavy atom. The van der Waals surface area contributed by atoms with Crippen molar-refractivity contribution in [2.24, 2.45) is 5.84 Å². The Bertz CT molecular complexity index is 484. The van der Waals surface area contributed by atoms with Gasteiger partial charge in [0.15, 0.2) is 0 Å². The molecule has 0 saturated heterocycles. The number of rotatable bonds is 5. The predicted molar refractivity (Wildman–Crippen MR) is 63.8 cm³/mol. The SMILES string of the molecule is NN(Cc1ccccc1)C(=O)CNc1nn[nH]n1. The van der Waals surface area contributed by atoms with Crippen LogP contribution in [0.3, 0.4) is 0 Å². The van der Waals surface area contributed by atoms with Crippen molar-refractivity contribution in [2.45, 2.75) is 6.54 Å². The van der Waals surface area contributed by atoms with Crippen LogP contribution in [0.15, 0.2) is 30.3 Å². The fraction of sp³-hybridized carbons (Fsp3) is 0.200. The fourth-order valence-corrected chi connectivity index (χ4v) is 1.36. The van der Waals surface area contributed by atoms with E-state index in [4.69, 9.17) is 5.84 Å². The number of H-pyrrole nitrogens is 1. The molecule has 0 aliphatic carbocycles. The van der Waals surface area contributed by atoms with Gasteiger partial charge < -0.3 is 5.32 Å². The highest BCUT2D eigenvalue weighted by molar-refractivity contribution is 5.79. The average Bonchev–Trinajstić information content (AvgIpc) is 2.90. The van der Waals surface area contributed by atoms with Crippen molar-refractivity contribution in [3.05, 3.63) is 35.9 Å². The molecule has 4 N–H and O–H groups in total. The molecule has 0 radical (unpaired) electrons. The Kier molecular flexibility index (Phi) is 3.82. The number of carbonyl (C=O) groups is 1. The maximum absolute atomic E-state index is 11.7. The minimum absolute atomic E-state index is 0.0167. The second kappa shape index (κ2) is 5.73. The van der Waals surface area contributed by atoms with Crippen LogP contribution in [0.4, 0.5) is 5.95 Å². The van der Waals surface area contributed by atoms with Crippen LogP contribution in [-0.4, -0.2) is 38.1 Å². The third kappa shape index (κ3) is 3.25. The summed E-state index contributed by atoms with van der Waals surface area (Å²) in [6, 6.07) is 9.50. The second-order valence-electron chi connectivity index (χ2n) is 3.60. The Morgan fingerprint density at radius 1 is 1.39 bits per heavy atom. The summed E-state index contributed by atoms with van der Waals surface area (Å²) in [5.74, 6) is 5.67. The topological polar surface area (TPSA) is 113 Å². The first-order valence-corrected chi connectivity index (χ1v) is 5.32. The van der Waals surface area contributed by atoms with Crippen molar-refractivity contribution in [1.29, 1.82) is 0 Å². The summed E-state index contributed by atoms with van der Waals surface area (Å²) in [5, 5.41) is 16.8. The summed E-state index contributed by atoms with van der Waals surface area (Å²) in [7, 11) is 0. The van der Waals surface area contributed by atoms with E-state index in [1.54, 1.807) is 0 Å². The number of nitrogens with zero attached hydrogens (tertiary/aromatic N) is 4. The van der Waals surface area contributed by atoms with Gasteiger partial charge in [0.25, 0.3) is 11.9 Å². The summed E-state index contributed by atoms with van der Waals surface area (Å²) >= 11 is 0. The van der Waals surface area contributed by atoms with Crippen LogP contribution in [-0.2, 0) is 11.3 Å². The van der Waals surface area contributed by atoms with Gasteiger partial charge in [-0.15, -0.1) is 5.10 Å². The molecular weight excluding hydrogens is 234 g/mol. The first kappa shape index (κ1) is 12.0. The molecule has 0 aliphatic rings. The Hall–Kier alpha value is -2.48. The zero-order valence-electron chi connectivity index (χ0n) is 9.58. The number of hydrazine groups is 1. The van der Waals surface area contributed by atoms with E-state index < -0.39 is 0 Å². The molecule has 0 spiro atoms. The largest absolute Gasteiger partial charge is 0.342 e. The first-order chi connectivity index (χ1) is 8.75. The molecule has 94 valence electrons. The molecule has 0 saturated carbocycles. The molecule has 1 heterocycles. The van der Waals surface area contributed by atoms with Gasteiger partial charge in [0.2, 0.25) is 0 Å². The monoisotopic (exact) mass is 247 g/mol. The number of amides is 1. The van der Waals surface area contributed by atoms with Gasteiger partial charge in [0.05, 0.1) is 13.1 Å². The van der Waals surface area contributed by atoms with Crippen molar-refractivity contribution >= 4 is 11.9 Å². The van der Waals surface area contributed by atoms with Crippen molar-refractivity contribution < 1.29 is 4.79 Å². The van der Waals surface area contributed by atoms with Gasteiger partial charge in [0, 0.05) is 0 Å². The number of nitrogens with one attached hydrogen (secondary N) is 2. The van der Waals surface area contributed by atoms with Crippen molar-refractivity contribution in [2.75, 3.05) is 11.9 Å². The number of benzene rings is 1. The van der Waals surface area contributed by atoms with E-state index in [-0.39, 0.29) is 18.4 Å². The number of hydrogen-bond acceptors (Lipinski definition) is 6. The Morgan fingerprint density at radius 2 is 2.17 bits per heavy atom. The molecule has 8 nitrogen and oxygen atoms in total. The standard InChI is InChI=1S/C10H13N7O/c11-17(7-8-4-2-1-3-5-8)9(18)6-12-10-13-15-16-14-10/h1-5H,6-7,11H2,(H2,12,13,14,15,16). The van der Waals surface area contributed by atoms with E-state index in [2.05, 4.69) is 25.9 Å². The number of hydrogen-bond donors (Lipinski definition) is 3. The summed E-state index contributed by atoms with van der Waals surface area (Å²) in [6.07, 6.45) is 0. The minimum atomic E-state index is -0.261. The molecule has 1 aromatic heterocycles. The van der Waals surface area contributed by atoms with Gasteiger partial charge in [-0.05, 0) is 10.8 Å². The maximum atomic E-state index is 11.7. The van der Waals surface area contributed by atoms with Crippen LogP contribution in [0.5, 0.6) is 0 Å². The molecule has 18 heavy (non-hydrogen) atoms. The van der Waals surface area contributed by atoms with E-state index in [0.29, 0.717) is 6.54 Å². The lowest BCUT2D eigenvalue weighted by Crippen LogP contribution is -2.40. The molecular formula is C10H13N7O. The summed E-state index contributed by atoms with van der Waals surface area (Å²) in [4.78, 5) is 11.7. The molecule has 0 bridgehead atoms. The lowest BCUT2D eigenvalue weighted by atomic mass is 10.2. The zero-order chi connectivity index (χ0) is 12.8. The van der Waals surface area contributed by atoms with E-state index in [9.17, 15) is 4.79 Å². The molecule has 2 rings (SSSR count). The molecule has 0 aliphatic heterocycles. The highest BCUT2D eigenvalue weighted by Crippen LogP contribution is 2.01. The van der Waals surface area contributed by atoms with Gasteiger partial charge in [-0.1, -0.05) is 35.4 Å². The third-order valence-electron chi connectivity index (χ3n) is 2.26. The van der Waals surface area contributed by atoms with E-state index in [1.807, 2.05) is 30.3 Å². The highest BCUT2D eigenvalue weighted by Gasteiger charge is 2.10. The van der Waals surface area contributed by atoms with Crippen LogP contribution >= 0.6 is 0 Å². The molecule has 0 fully saturated rings. The summed E-state index contributed by atoms with van der Waals surface area (Å²) in [6.45, 7) is 0.371. The van der Waals surface area contributed by atoms with Gasteiger partial charge in [-0.3, -0.25) is 9.80 Å². The molecule has 1 aromatic carbocycles. The van der Waals surface area contributed by atoms with E-state index >= 15 is 0 Å². The van der Waals surface area contributed by atoms with Crippen LogP contribution in [0.2, 0.25) is 0 Å². The molecule has 2 aromatic rings. The molecule has 0 atom stereocenters. The number of aromatic nitrogens is 4.